The van der Waals surface area contributed by atoms with Gasteiger partial charge in [-0.2, -0.15) is 0 Å². The molecule has 0 saturated heterocycles. The molecule has 0 bridgehead atoms. The molecule has 0 aromatic carbocycles. The largest absolute Gasteiger partial charge is 0.460 e. The summed E-state index contributed by atoms with van der Waals surface area (Å²) in [5, 5.41) is 0. The molecule has 74 valence electrons. The summed E-state index contributed by atoms with van der Waals surface area (Å²) in [6.45, 7) is 11.2. The molecule has 0 amide bonds. The van der Waals surface area contributed by atoms with Gasteiger partial charge in [-0.25, -0.2) is 4.79 Å². The molecule has 0 N–H and O–H groups in total. The Bertz CT molecular complexity index is 194. The van der Waals surface area contributed by atoms with Gasteiger partial charge in [-0.1, -0.05) is 12.7 Å². The molecule has 3 nitrogen and oxygen atoms in total. The van der Waals surface area contributed by atoms with E-state index < -0.39 is 5.97 Å². The number of esters is 1. The van der Waals surface area contributed by atoms with Crippen molar-refractivity contribution in [1.29, 1.82) is 0 Å². The van der Waals surface area contributed by atoms with E-state index in [9.17, 15) is 4.79 Å². The van der Waals surface area contributed by atoms with E-state index in [-0.39, 0.29) is 12.7 Å². The first-order chi connectivity index (χ1) is 6.07. The van der Waals surface area contributed by atoms with Crippen LogP contribution in [0.1, 0.15) is 13.8 Å². The molecule has 0 rings (SSSR count). The average Bonchev–Trinajstić information content (AvgIpc) is 2.03. The highest BCUT2D eigenvalue weighted by Crippen LogP contribution is 1.99. The highest BCUT2D eigenvalue weighted by Gasteiger charge is 2.09. The summed E-state index contributed by atoms with van der Waals surface area (Å²) in [6, 6.07) is 0. The Morgan fingerprint density at radius 2 is 2.15 bits per heavy atom. The van der Waals surface area contributed by atoms with Crippen molar-refractivity contribution in [3.05, 3.63) is 24.8 Å². The third-order valence-corrected chi connectivity index (χ3v) is 1.14. The third-order valence-electron chi connectivity index (χ3n) is 1.14. The zero-order chi connectivity index (χ0) is 10.3. The molecule has 3 heteroatoms. The second-order valence-electron chi connectivity index (χ2n) is 2.86. The fourth-order valence-corrected chi connectivity index (χ4v) is 0.622. The van der Waals surface area contributed by atoms with Gasteiger partial charge in [0.2, 0.25) is 0 Å². The van der Waals surface area contributed by atoms with Gasteiger partial charge in [0.05, 0.1) is 24.9 Å². The second-order valence-corrected chi connectivity index (χ2v) is 2.86. The lowest BCUT2D eigenvalue weighted by Crippen LogP contribution is -2.16. The summed E-state index contributed by atoms with van der Waals surface area (Å²) >= 11 is 0. The molecule has 0 heterocycles. The molecule has 0 aliphatic carbocycles. The minimum Gasteiger partial charge on any atom is -0.460 e. The number of rotatable bonds is 6. The Balaban J connectivity index is 3.70. The van der Waals surface area contributed by atoms with Crippen molar-refractivity contribution >= 4 is 5.97 Å². The van der Waals surface area contributed by atoms with Crippen molar-refractivity contribution in [2.75, 3.05) is 13.2 Å². The van der Waals surface area contributed by atoms with E-state index in [1.165, 1.54) is 0 Å². The number of carbonyl (C=O) groups is 1. The van der Waals surface area contributed by atoms with E-state index in [1.807, 2.05) is 0 Å². The van der Waals surface area contributed by atoms with Crippen LogP contribution in [0, 0.1) is 0 Å². The van der Waals surface area contributed by atoms with Crippen molar-refractivity contribution in [3.8, 4) is 0 Å². The van der Waals surface area contributed by atoms with Gasteiger partial charge in [0.15, 0.2) is 0 Å². The van der Waals surface area contributed by atoms with Crippen LogP contribution in [0.3, 0.4) is 0 Å². The Labute approximate surface area is 79.0 Å². The van der Waals surface area contributed by atoms with Crippen LogP contribution in [0.15, 0.2) is 24.8 Å². The van der Waals surface area contributed by atoms with Crippen LogP contribution in [0.4, 0.5) is 0 Å². The van der Waals surface area contributed by atoms with Crippen molar-refractivity contribution in [3.63, 3.8) is 0 Å². The summed E-state index contributed by atoms with van der Waals surface area (Å²) in [5.41, 5.74) is 0.329. The third kappa shape index (κ3) is 6.11. The Kier molecular flexibility index (Phi) is 5.89. The quantitative estimate of drug-likeness (QED) is 0.273. The first-order valence-electron chi connectivity index (χ1n) is 4.15. The summed E-state index contributed by atoms with van der Waals surface area (Å²) in [5.74, 6) is -0.404. The highest BCUT2D eigenvalue weighted by atomic mass is 16.5. The molecule has 0 radical (unpaired) electrons. The number of hydrogen-bond donors (Lipinski definition) is 0. The molecule has 0 atom stereocenters. The van der Waals surface area contributed by atoms with E-state index in [0.717, 1.165) is 0 Å². The topological polar surface area (TPSA) is 35.5 Å². The maximum Gasteiger partial charge on any atom is 0.336 e. The Morgan fingerprint density at radius 1 is 1.54 bits per heavy atom. The molecular formula is C10H16O3. The molecular weight excluding hydrogens is 168 g/mol. The lowest BCUT2D eigenvalue weighted by atomic mass is 10.3. The fourth-order valence-electron chi connectivity index (χ4n) is 0.622. The number of ether oxygens (including phenoxy) is 2. The van der Waals surface area contributed by atoms with Crippen molar-refractivity contribution in [2.45, 2.75) is 20.0 Å². The Morgan fingerprint density at radius 3 is 2.62 bits per heavy atom. The first kappa shape index (κ1) is 11.9. The van der Waals surface area contributed by atoms with Crippen LogP contribution < -0.4 is 0 Å². The van der Waals surface area contributed by atoms with Crippen LogP contribution >= 0.6 is 0 Å². The smallest absolute Gasteiger partial charge is 0.336 e. The standard InChI is InChI=1S/C10H16O3/c1-5-6-12-7-9(4)10(11)13-8(2)3/h5,8H,1,4,6-7H2,2-3H3. The van der Waals surface area contributed by atoms with Crippen LogP contribution in [0.5, 0.6) is 0 Å². The van der Waals surface area contributed by atoms with Crippen molar-refractivity contribution in [2.24, 2.45) is 0 Å². The van der Waals surface area contributed by atoms with Gasteiger partial charge in [-0.05, 0) is 13.8 Å². The van der Waals surface area contributed by atoms with Gasteiger partial charge in [-0.3, -0.25) is 0 Å². The maximum atomic E-state index is 11.1. The lowest BCUT2D eigenvalue weighted by molar-refractivity contribution is -0.143. The first-order valence-corrected chi connectivity index (χ1v) is 4.15. The van der Waals surface area contributed by atoms with Gasteiger partial charge in [0.1, 0.15) is 0 Å². The highest BCUT2D eigenvalue weighted by molar-refractivity contribution is 5.88. The molecule has 13 heavy (non-hydrogen) atoms. The maximum absolute atomic E-state index is 11.1. The number of carbonyl (C=O) groups excluding carboxylic acids is 1. The van der Waals surface area contributed by atoms with Crippen LogP contribution in [0.2, 0.25) is 0 Å². The van der Waals surface area contributed by atoms with Gasteiger partial charge in [-0.15, -0.1) is 6.58 Å². The van der Waals surface area contributed by atoms with Crippen molar-refractivity contribution in [1.82, 2.24) is 0 Å². The van der Waals surface area contributed by atoms with Crippen LogP contribution in [-0.2, 0) is 14.3 Å². The van der Waals surface area contributed by atoms with Crippen LogP contribution in [-0.4, -0.2) is 25.3 Å². The van der Waals surface area contributed by atoms with Crippen molar-refractivity contribution < 1.29 is 14.3 Å². The monoisotopic (exact) mass is 184 g/mol. The van der Waals surface area contributed by atoms with E-state index in [4.69, 9.17) is 9.47 Å². The lowest BCUT2D eigenvalue weighted by Gasteiger charge is -2.09. The molecule has 0 unspecified atom stereocenters. The zero-order valence-electron chi connectivity index (χ0n) is 8.21. The SMILES string of the molecule is C=CCOCC(=C)C(=O)OC(C)C. The second kappa shape index (κ2) is 6.43. The molecule has 0 fully saturated rings. The fraction of sp³-hybridized carbons (Fsp3) is 0.500. The summed E-state index contributed by atoms with van der Waals surface area (Å²) < 4.78 is 9.93. The minimum absolute atomic E-state index is 0.122. The molecule has 0 aromatic heterocycles. The van der Waals surface area contributed by atoms with E-state index in [0.29, 0.717) is 12.2 Å². The minimum atomic E-state index is -0.404. The van der Waals surface area contributed by atoms with Gasteiger partial charge in [0, 0.05) is 0 Å². The molecule has 0 aromatic rings. The Hall–Kier alpha value is -1.09. The van der Waals surface area contributed by atoms with Crippen LogP contribution in [0.25, 0.3) is 0 Å². The zero-order valence-corrected chi connectivity index (χ0v) is 8.21. The normalized spacial score (nSPS) is 9.77. The summed E-state index contributed by atoms with van der Waals surface area (Å²) in [4.78, 5) is 11.1. The average molecular weight is 184 g/mol. The van der Waals surface area contributed by atoms with Gasteiger partial charge < -0.3 is 9.47 Å². The summed E-state index contributed by atoms with van der Waals surface area (Å²) in [6.07, 6.45) is 1.49. The molecule has 0 aliphatic rings. The summed E-state index contributed by atoms with van der Waals surface area (Å²) in [7, 11) is 0. The van der Waals surface area contributed by atoms with E-state index >= 15 is 0 Å². The van der Waals surface area contributed by atoms with Gasteiger partial charge >= 0.3 is 5.97 Å². The molecule has 0 spiro atoms. The number of hydrogen-bond acceptors (Lipinski definition) is 3. The molecule has 0 aliphatic heterocycles. The predicted molar refractivity (Wildman–Crippen MR) is 51.4 cm³/mol. The van der Waals surface area contributed by atoms with E-state index in [1.54, 1.807) is 19.9 Å². The van der Waals surface area contributed by atoms with E-state index in [2.05, 4.69) is 13.2 Å². The van der Waals surface area contributed by atoms with Gasteiger partial charge in [0.25, 0.3) is 0 Å². The predicted octanol–water partition coefficient (Wildman–Crippen LogP) is 1.70. The molecule has 0 saturated carbocycles.